The molecule has 0 aromatic heterocycles. The van der Waals surface area contributed by atoms with Gasteiger partial charge in [0.25, 0.3) is 5.91 Å². The Labute approximate surface area is 221 Å². The van der Waals surface area contributed by atoms with Crippen molar-refractivity contribution in [3.63, 3.8) is 0 Å². The molecule has 2 amide bonds. The maximum atomic E-state index is 13.5. The maximum absolute atomic E-state index is 13.5. The van der Waals surface area contributed by atoms with Gasteiger partial charge in [0.05, 0.1) is 31.3 Å². The molecule has 4 rings (SSSR count). The molecule has 0 aliphatic carbocycles. The smallest absolute Gasteiger partial charge is 0.283 e. The first-order valence-corrected chi connectivity index (χ1v) is 12.7. The zero-order valence-electron chi connectivity index (χ0n) is 21.5. The van der Waals surface area contributed by atoms with Gasteiger partial charge in [0.1, 0.15) is 17.2 Å². The number of hydrogen-bond donors (Lipinski definition) is 1. The van der Waals surface area contributed by atoms with Gasteiger partial charge in [-0.3, -0.25) is 14.5 Å². The first-order valence-electron chi connectivity index (χ1n) is 11.7. The van der Waals surface area contributed by atoms with E-state index in [-0.39, 0.29) is 17.6 Å². The fourth-order valence-electron chi connectivity index (χ4n) is 3.99. The number of nitrogens with zero attached hydrogens (tertiary/aromatic N) is 2. The molecule has 0 spiro atoms. The molecular formula is C29H29N3O4S. The second kappa shape index (κ2) is 11.3. The minimum Gasteiger partial charge on any atom is -0.497 e. The molecule has 0 unspecified atom stereocenters. The highest BCUT2D eigenvalue weighted by atomic mass is 32.2. The van der Waals surface area contributed by atoms with Gasteiger partial charge in [0, 0.05) is 0 Å². The van der Waals surface area contributed by atoms with Crippen LogP contribution in [-0.2, 0) is 9.59 Å². The summed E-state index contributed by atoms with van der Waals surface area (Å²) in [5.74, 6) is 0.910. The molecule has 3 aromatic rings. The zero-order chi connectivity index (χ0) is 26.5. The molecule has 1 heterocycles. The molecule has 0 fully saturated rings. The fourth-order valence-corrected chi connectivity index (χ4v) is 4.81. The summed E-state index contributed by atoms with van der Waals surface area (Å²) in [4.78, 5) is 32.6. The molecule has 37 heavy (non-hydrogen) atoms. The zero-order valence-corrected chi connectivity index (χ0v) is 22.3. The second-order valence-corrected chi connectivity index (χ2v) is 9.67. The SMILES string of the molecule is COc1ccc(C=C2N=C(SCC(=O)Nc3cc(C)ccc3OC)N(c3cc(C)cc(C)c3)C2=O)cc1. The lowest BCUT2D eigenvalue weighted by molar-refractivity contribution is -0.114. The number of rotatable bonds is 7. The van der Waals surface area contributed by atoms with E-state index in [1.54, 1.807) is 25.2 Å². The molecule has 8 heteroatoms. The molecule has 7 nitrogen and oxygen atoms in total. The van der Waals surface area contributed by atoms with Crippen molar-refractivity contribution in [2.24, 2.45) is 4.99 Å². The number of ether oxygens (including phenoxy) is 2. The number of thioether (sulfide) groups is 1. The molecule has 0 bridgehead atoms. The molecular weight excluding hydrogens is 486 g/mol. The van der Waals surface area contributed by atoms with Crippen molar-refractivity contribution in [3.05, 3.63) is 88.6 Å². The largest absolute Gasteiger partial charge is 0.497 e. The Bertz CT molecular complexity index is 1380. The van der Waals surface area contributed by atoms with Crippen LogP contribution < -0.4 is 19.7 Å². The molecule has 0 saturated heterocycles. The highest BCUT2D eigenvalue weighted by Crippen LogP contribution is 2.31. The van der Waals surface area contributed by atoms with Gasteiger partial charge in [-0.25, -0.2) is 4.99 Å². The summed E-state index contributed by atoms with van der Waals surface area (Å²) in [6.07, 6.45) is 1.74. The summed E-state index contributed by atoms with van der Waals surface area (Å²) in [6, 6.07) is 18.9. The predicted octanol–water partition coefficient (Wildman–Crippen LogP) is 5.74. The quantitative estimate of drug-likeness (QED) is 0.406. The van der Waals surface area contributed by atoms with Gasteiger partial charge in [-0.2, -0.15) is 0 Å². The van der Waals surface area contributed by atoms with Gasteiger partial charge >= 0.3 is 0 Å². The molecule has 0 atom stereocenters. The number of amides is 2. The van der Waals surface area contributed by atoms with E-state index in [0.717, 1.165) is 28.0 Å². The normalized spacial score (nSPS) is 14.1. The van der Waals surface area contributed by atoms with Gasteiger partial charge < -0.3 is 14.8 Å². The van der Waals surface area contributed by atoms with E-state index in [9.17, 15) is 9.59 Å². The van der Waals surface area contributed by atoms with E-state index in [0.29, 0.717) is 28.0 Å². The van der Waals surface area contributed by atoms with E-state index in [4.69, 9.17) is 9.47 Å². The lowest BCUT2D eigenvalue weighted by Crippen LogP contribution is -2.31. The first kappa shape index (κ1) is 26.0. The van der Waals surface area contributed by atoms with Crippen LogP contribution in [0.3, 0.4) is 0 Å². The standard InChI is InChI=1S/C29H29N3O4S/c1-18-6-11-26(36-5)24(15-18)30-27(33)17-37-29-31-25(16-21-7-9-23(35-4)10-8-21)28(34)32(29)22-13-19(2)12-20(3)14-22/h6-16H,17H2,1-5H3,(H,30,33). The molecule has 1 N–H and O–H groups in total. The van der Waals surface area contributed by atoms with Gasteiger partial charge in [0.15, 0.2) is 5.17 Å². The van der Waals surface area contributed by atoms with Crippen LogP contribution in [0, 0.1) is 20.8 Å². The number of amidine groups is 1. The Hall–Kier alpha value is -4.04. The van der Waals surface area contributed by atoms with Crippen molar-refractivity contribution < 1.29 is 19.1 Å². The van der Waals surface area contributed by atoms with Crippen LogP contribution in [0.2, 0.25) is 0 Å². The lowest BCUT2D eigenvalue weighted by atomic mass is 10.1. The van der Waals surface area contributed by atoms with E-state index in [1.165, 1.54) is 11.8 Å². The number of aryl methyl sites for hydroxylation is 3. The Morgan fingerprint density at radius 3 is 2.30 bits per heavy atom. The molecule has 1 aliphatic heterocycles. The van der Waals surface area contributed by atoms with Crippen molar-refractivity contribution in [2.75, 3.05) is 30.2 Å². The first-order chi connectivity index (χ1) is 17.8. The van der Waals surface area contributed by atoms with Gasteiger partial charge in [-0.15, -0.1) is 0 Å². The van der Waals surface area contributed by atoms with Crippen molar-refractivity contribution >= 4 is 46.2 Å². The number of benzene rings is 3. The molecule has 1 aliphatic rings. The van der Waals surface area contributed by atoms with Crippen LogP contribution >= 0.6 is 11.8 Å². The molecule has 0 radical (unpaired) electrons. The van der Waals surface area contributed by atoms with Crippen LogP contribution in [0.25, 0.3) is 6.08 Å². The number of carbonyl (C=O) groups is 2. The third-order valence-electron chi connectivity index (χ3n) is 5.67. The minimum absolute atomic E-state index is 0.0698. The van der Waals surface area contributed by atoms with E-state index in [1.807, 2.05) is 81.4 Å². The van der Waals surface area contributed by atoms with Crippen LogP contribution in [-0.4, -0.2) is 37.0 Å². The molecule has 3 aromatic carbocycles. The van der Waals surface area contributed by atoms with Gasteiger partial charge in [0.2, 0.25) is 5.91 Å². The van der Waals surface area contributed by atoms with Crippen molar-refractivity contribution in [2.45, 2.75) is 20.8 Å². The number of aliphatic imine (C=N–C) groups is 1. The maximum Gasteiger partial charge on any atom is 0.283 e. The molecule has 190 valence electrons. The predicted molar refractivity (Wildman–Crippen MR) is 151 cm³/mol. The van der Waals surface area contributed by atoms with Crippen LogP contribution in [0.4, 0.5) is 11.4 Å². The average molecular weight is 516 g/mol. The number of anilines is 2. The summed E-state index contributed by atoms with van der Waals surface area (Å²) in [5, 5.41) is 3.35. The van der Waals surface area contributed by atoms with Crippen LogP contribution in [0.15, 0.2) is 71.4 Å². The summed E-state index contributed by atoms with van der Waals surface area (Å²) in [6.45, 7) is 5.91. The van der Waals surface area contributed by atoms with E-state index >= 15 is 0 Å². The fraction of sp³-hybridized carbons (Fsp3) is 0.207. The summed E-state index contributed by atoms with van der Waals surface area (Å²) in [7, 11) is 3.17. The summed E-state index contributed by atoms with van der Waals surface area (Å²) in [5.41, 5.74) is 5.50. The second-order valence-electron chi connectivity index (χ2n) is 8.72. The van der Waals surface area contributed by atoms with Crippen molar-refractivity contribution in [1.82, 2.24) is 0 Å². The minimum atomic E-state index is -0.246. The van der Waals surface area contributed by atoms with E-state index in [2.05, 4.69) is 10.3 Å². The summed E-state index contributed by atoms with van der Waals surface area (Å²) >= 11 is 1.21. The van der Waals surface area contributed by atoms with E-state index < -0.39 is 0 Å². The Morgan fingerprint density at radius 1 is 0.946 bits per heavy atom. The third kappa shape index (κ3) is 6.21. The molecule has 0 saturated carbocycles. The number of nitrogens with one attached hydrogen (secondary N) is 1. The topological polar surface area (TPSA) is 80.2 Å². The Kier molecular flexibility index (Phi) is 7.98. The highest BCUT2D eigenvalue weighted by molar-refractivity contribution is 8.14. The van der Waals surface area contributed by atoms with Crippen molar-refractivity contribution in [3.8, 4) is 11.5 Å². The Morgan fingerprint density at radius 2 is 1.65 bits per heavy atom. The number of methoxy groups -OCH3 is 2. The number of carbonyl (C=O) groups excluding carboxylic acids is 2. The van der Waals surface area contributed by atoms with Crippen LogP contribution in [0.1, 0.15) is 22.3 Å². The lowest BCUT2D eigenvalue weighted by Gasteiger charge is -2.19. The Balaban J connectivity index is 1.60. The van der Waals surface area contributed by atoms with Crippen molar-refractivity contribution in [1.29, 1.82) is 0 Å². The third-order valence-corrected chi connectivity index (χ3v) is 6.61. The average Bonchev–Trinajstić information content (AvgIpc) is 3.17. The van der Waals surface area contributed by atoms with Gasteiger partial charge in [-0.1, -0.05) is 36.0 Å². The highest BCUT2D eigenvalue weighted by Gasteiger charge is 2.32. The monoisotopic (exact) mass is 515 g/mol. The summed E-state index contributed by atoms with van der Waals surface area (Å²) < 4.78 is 10.6. The number of hydrogen-bond acceptors (Lipinski definition) is 6. The van der Waals surface area contributed by atoms with Gasteiger partial charge in [-0.05, 0) is 85.5 Å². The van der Waals surface area contributed by atoms with Crippen LogP contribution in [0.5, 0.6) is 11.5 Å².